The van der Waals surface area contributed by atoms with Crippen LogP contribution in [0.3, 0.4) is 0 Å². The quantitative estimate of drug-likeness (QED) is 0.553. The summed E-state index contributed by atoms with van der Waals surface area (Å²) in [6, 6.07) is 3.81. The molecule has 6 nitrogen and oxygen atoms in total. The van der Waals surface area contributed by atoms with Crippen molar-refractivity contribution in [3.63, 3.8) is 0 Å². The number of nitrogens with zero attached hydrogens (tertiary/aromatic N) is 3. The van der Waals surface area contributed by atoms with Crippen LogP contribution in [-0.4, -0.2) is 24.3 Å². The molecule has 26 heavy (non-hydrogen) atoms. The van der Waals surface area contributed by atoms with Gasteiger partial charge in [-0.3, -0.25) is 0 Å². The van der Waals surface area contributed by atoms with Crippen LogP contribution in [-0.2, 0) is 19.5 Å². The van der Waals surface area contributed by atoms with Crippen LogP contribution in [0.15, 0.2) is 35.3 Å². The molecule has 0 amide bonds. The van der Waals surface area contributed by atoms with Gasteiger partial charge in [0.2, 0.25) is 5.88 Å². The van der Waals surface area contributed by atoms with Crippen molar-refractivity contribution in [2.75, 3.05) is 0 Å². The fourth-order valence-corrected chi connectivity index (χ4v) is 3.32. The smallest absolute Gasteiger partial charge is 0.235 e. The van der Waals surface area contributed by atoms with Crippen molar-refractivity contribution in [3.8, 4) is 23.1 Å². The lowest BCUT2D eigenvalue weighted by atomic mass is 10.1. The molecule has 140 valence electrons. The highest BCUT2D eigenvalue weighted by atomic mass is 16.3. The first kappa shape index (κ1) is 18.2. The number of imidazole rings is 1. The highest BCUT2D eigenvalue weighted by Crippen LogP contribution is 2.42. The number of aromatic nitrogens is 3. The van der Waals surface area contributed by atoms with Gasteiger partial charge in [0, 0.05) is 31.0 Å². The van der Waals surface area contributed by atoms with Crippen LogP contribution in [0.4, 0.5) is 0 Å². The average molecular weight is 357 g/mol. The second-order valence-corrected chi connectivity index (χ2v) is 6.67. The summed E-state index contributed by atoms with van der Waals surface area (Å²) in [6.07, 6.45) is 10.1. The molecule has 0 aliphatic rings. The van der Waals surface area contributed by atoms with Gasteiger partial charge in [0.25, 0.3) is 0 Å². The topological polar surface area (TPSA) is 76.3 Å². The van der Waals surface area contributed by atoms with Crippen molar-refractivity contribution >= 4 is 0 Å². The number of furan rings is 1. The normalized spacial score (nSPS) is 11.3. The Balaban J connectivity index is 1.89. The lowest BCUT2D eigenvalue weighted by Crippen LogP contribution is -2.04. The molecule has 0 spiro atoms. The first-order chi connectivity index (χ1) is 12.6. The molecule has 0 saturated heterocycles. The Kier molecular flexibility index (Phi) is 5.71. The van der Waals surface area contributed by atoms with Crippen molar-refractivity contribution in [1.82, 2.24) is 14.1 Å². The predicted octanol–water partition coefficient (Wildman–Crippen LogP) is 4.49. The van der Waals surface area contributed by atoms with Gasteiger partial charge in [-0.2, -0.15) is 0 Å². The fourth-order valence-electron chi connectivity index (χ4n) is 3.32. The van der Waals surface area contributed by atoms with Crippen molar-refractivity contribution in [2.24, 2.45) is 0 Å². The molecule has 0 unspecified atom stereocenters. The van der Waals surface area contributed by atoms with E-state index < -0.39 is 0 Å². The zero-order valence-electron chi connectivity index (χ0n) is 15.5. The number of aromatic hydroxyl groups is 2. The van der Waals surface area contributed by atoms with Crippen LogP contribution in [0, 0.1) is 6.92 Å². The van der Waals surface area contributed by atoms with Crippen molar-refractivity contribution in [1.29, 1.82) is 0 Å². The monoisotopic (exact) mass is 357 g/mol. The van der Waals surface area contributed by atoms with E-state index >= 15 is 0 Å². The third-order valence-corrected chi connectivity index (χ3v) is 4.67. The minimum atomic E-state index is -0.0776. The van der Waals surface area contributed by atoms with Crippen LogP contribution in [0.25, 0.3) is 11.5 Å². The lowest BCUT2D eigenvalue weighted by molar-refractivity contribution is 0.366. The van der Waals surface area contributed by atoms with E-state index in [0.717, 1.165) is 55.7 Å². The van der Waals surface area contributed by atoms with Crippen molar-refractivity contribution in [2.45, 2.75) is 59.0 Å². The summed E-state index contributed by atoms with van der Waals surface area (Å²) in [4.78, 5) is 4.05. The van der Waals surface area contributed by atoms with Gasteiger partial charge in [0.15, 0.2) is 11.5 Å². The Morgan fingerprint density at radius 1 is 1.12 bits per heavy atom. The first-order valence-electron chi connectivity index (χ1n) is 9.27. The molecule has 0 aliphatic heterocycles. The molecule has 0 saturated carbocycles. The molecule has 0 atom stereocenters. The largest absolute Gasteiger partial charge is 0.503 e. The number of hydrogen-bond donors (Lipinski definition) is 2. The van der Waals surface area contributed by atoms with Gasteiger partial charge in [-0.05, 0) is 38.3 Å². The van der Waals surface area contributed by atoms with E-state index in [9.17, 15) is 10.2 Å². The molecule has 0 bridgehead atoms. The summed E-state index contributed by atoms with van der Waals surface area (Å²) in [5.41, 5.74) is 1.56. The molecule has 0 radical (unpaired) electrons. The second-order valence-electron chi connectivity index (χ2n) is 6.67. The minimum Gasteiger partial charge on any atom is -0.503 e. The summed E-state index contributed by atoms with van der Waals surface area (Å²) in [6.45, 7) is 5.42. The summed E-state index contributed by atoms with van der Waals surface area (Å²) >= 11 is 0. The summed E-state index contributed by atoms with van der Waals surface area (Å²) < 4.78 is 9.59. The predicted molar refractivity (Wildman–Crippen MR) is 100 cm³/mol. The second kappa shape index (κ2) is 8.17. The number of unbranched alkanes of at least 4 members (excludes halogenated alkanes) is 2. The highest BCUT2D eigenvalue weighted by Gasteiger charge is 2.24. The van der Waals surface area contributed by atoms with E-state index in [1.807, 2.05) is 29.8 Å². The molecule has 3 heterocycles. The van der Waals surface area contributed by atoms with Gasteiger partial charge in [-0.15, -0.1) is 0 Å². The molecule has 3 aromatic heterocycles. The fraction of sp³-hybridized carbons (Fsp3) is 0.450. The van der Waals surface area contributed by atoms with Gasteiger partial charge >= 0.3 is 0 Å². The van der Waals surface area contributed by atoms with E-state index in [1.165, 1.54) is 0 Å². The van der Waals surface area contributed by atoms with Gasteiger partial charge < -0.3 is 23.8 Å². The molecule has 0 aliphatic carbocycles. The SMILES string of the molecule is CCCCCc1c(O)c(O)n(CCCn2ccnc2)c1-c1ccc(C)o1. The van der Waals surface area contributed by atoms with Crippen LogP contribution in [0.5, 0.6) is 11.6 Å². The summed E-state index contributed by atoms with van der Waals surface area (Å²) in [7, 11) is 0. The van der Waals surface area contributed by atoms with Gasteiger partial charge in [-0.1, -0.05) is 19.8 Å². The minimum absolute atomic E-state index is 0.0206. The van der Waals surface area contributed by atoms with Gasteiger partial charge in [-0.25, -0.2) is 4.98 Å². The molecule has 3 rings (SSSR count). The molecule has 3 aromatic rings. The zero-order chi connectivity index (χ0) is 18.5. The first-order valence-corrected chi connectivity index (χ1v) is 9.27. The number of hydrogen-bond acceptors (Lipinski definition) is 4. The van der Waals surface area contributed by atoms with Gasteiger partial charge in [0.1, 0.15) is 5.76 Å². The Morgan fingerprint density at radius 3 is 2.62 bits per heavy atom. The van der Waals surface area contributed by atoms with E-state index in [2.05, 4.69) is 11.9 Å². The average Bonchev–Trinajstić information content (AvgIpc) is 3.33. The molecule has 0 aromatic carbocycles. The maximum atomic E-state index is 10.5. The van der Waals surface area contributed by atoms with E-state index in [-0.39, 0.29) is 11.6 Å². The van der Waals surface area contributed by atoms with E-state index in [1.54, 1.807) is 17.1 Å². The third kappa shape index (κ3) is 3.79. The molecule has 6 heteroatoms. The number of aryl methyl sites for hydroxylation is 2. The Hall–Kier alpha value is -2.63. The van der Waals surface area contributed by atoms with Crippen molar-refractivity contribution < 1.29 is 14.6 Å². The van der Waals surface area contributed by atoms with Crippen LogP contribution in [0.1, 0.15) is 43.9 Å². The van der Waals surface area contributed by atoms with E-state index in [4.69, 9.17) is 4.42 Å². The Labute approximate surface area is 153 Å². The number of rotatable bonds is 9. The molecule has 0 fully saturated rings. The van der Waals surface area contributed by atoms with Crippen LogP contribution < -0.4 is 0 Å². The Morgan fingerprint density at radius 2 is 1.96 bits per heavy atom. The Bertz CT molecular complexity index is 831. The molecular weight excluding hydrogens is 330 g/mol. The van der Waals surface area contributed by atoms with Gasteiger partial charge in [0.05, 0.1) is 12.0 Å². The standard InChI is InChI=1S/C20H27N3O3/c1-3-4-5-7-16-18(17-9-8-15(2)26-17)23(20(25)19(16)24)12-6-11-22-13-10-21-14-22/h8-10,13-14,24-25H,3-7,11-12H2,1-2H3. The lowest BCUT2D eigenvalue weighted by Gasteiger charge is -2.10. The van der Waals surface area contributed by atoms with E-state index in [0.29, 0.717) is 12.3 Å². The maximum absolute atomic E-state index is 10.5. The highest BCUT2D eigenvalue weighted by molar-refractivity contribution is 5.67. The maximum Gasteiger partial charge on any atom is 0.235 e. The van der Waals surface area contributed by atoms with Crippen LogP contribution >= 0.6 is 0 Å². The molecular formula is C20H27N3O3. The zero-order valence-corrected chi connectivity index (χ0v) is 15.5. The summed E-state index contributed by atoms with van der Waals surface area (Å²) in [5, 5.41) is 21.1. The third-order valence-electron chi connectivity index (χ3n) is 4.67. The van der Waals surface area contributed by atoms with Crippen LogP contribution in [0.2, 0.25) is 0 Å². The molecule has 2 N–H and O–H groups in total. The van der Waals surface area contributed by atoms with Crippen molar-refractivity contribution in [3.05, 3.63) is 42.2 Å². The summed E-state index contributed by atoms with van der Waals surface area (Å²) in [5.74, 6) is 1.40.